The Kier molecular flexibility index (Phi) is 5.14. The molecule has 1 heterocycles. The van der Waals surface area contributed by atoms with Crippen LogP contribution in [0.1, 0.15) is 33.9 Å². The number of carbonyl (C=O) groups excluding carboxylic acids is 2. The quantitative estimate of drug-likeness (QED) is 0.643. The third-order valence-electron chi connectivity index (χ3n) is 4.78. The van der Waals surface area contributed by atoms with Crippen LogP contribution in [0.5, 0.6) is 0 Å². The van der Waals surface area contributed by atoms with Crippen molar-refractivity contribution in [3.63, 3.8) is 0 Å². The highest BCUT2D eigenvalue weighted by Crippen LogP contribution is 2.33. The lowest BCUT2D eigenvalue weighted by Crippen LogP contribution is -2.39. The summed E-state index contributed by atoms with van der Waals surface area (Å²) in [6.45, 7) is 1.61. The van der Waals surface area contributed by atoms with Gasteiger partial charge < -0.3 is 10.2 Å². The fraction of sp³-hybridized carbons (Fsp3) is 0.263. The number of nitro groups is 1. The van der Waals surface area contributed by atoms with E-state index in [1.807, 2.05) is 12.1 Å². The molecular weight excluding hydrogens is 370 g/mol. The number of halogens is 1. The number of nitro benzene ring substituents is 1. The third-order valence-corrected chi connectivity index (χ3v) is 5.03. The van der Waals surface area contributed by atoms with Crippen molar-refractivity contribution in [1.82, 2.24) is 10.2 Å². The normalized spacial score (nSPS) is 19.2. The van der Waals surface area contributed by atoms with Crippen LogP contribution in [0.2, 0.25) is 5.02 Å². The van der Waals surface area contributed by atoms with E-state index in [9.17, 15) is 19.7 Å². The number of nitrogens with zero attached hydrogens (tertiary/aromatic N) is 2. The van der Waals surface area contributed by atoms with Gasteiger partial charge in [0.25, 0.3) is 11.6 Å². The van der Waals surface area contributed by atoms with Crippen LogP contribution < -0.4 is 5.32 Å². The second-order valence-corrected chi connectivity index (χ2v) is 6.98. The van der Waals surface area contributed by atoms with Gasteiger partial charge in [-0.3, -0.25) is 19.7 Å². The standard InChI is InChI=1S/C19H18ClN3O4/c1-11-3-4-13(9-16(11)23(26)27)19(25)21-15-10-17(24)22(2)18(15)12-5-7-14(20)8-6-12/h3-9,15,18H,10H2,1-2H3,(H,21,25). The van der Waals surface area contributed by atoms with Crippen molar-refractivity contribution in [3.05, 3.63) is 74.3 Å². The van der Waals surface area contributed by atoms with Gasteiger partial charge in [-0.25, -0.2) is 0 Å². The zero-order valence-corrected chi connectivity index (χ0v) is 15.6. The summed E-state index contributed by atoms with van der Waals surface area (Å²) >= 11 is 5.93. The first-order chi connectivity index (χ1) is 12.8. The predicted octanol–water partition coefficient (Wildman–Crippen LogP) is 3.26. The molecular formula is C19H18ClN3O4. The highest BCUT2D eigenvalue weighted by molar-refractivity contribution is 6.30. The number of likely N-dealkylation sites (N-methyl/N-ethyl adjacent to an activating group) is 1. The third kappa shape index (κ3) is 3.78. The Bertz CT molecular complexity index is 914. The summed E-state index contributed by atoms with van der Waals surface area (Å²) in [5.74, 6) is -0.541. The molecule has 1 N–H and O–H groups in total. The lowest BCUT2D eigenvalue weighted by Gasteiger charge is -2.26. The van der Waals surface area contributed by atoms with Gasteiger partial charge in [0.15, 0.2) is 0 Å². The van der Waals surface area contributed by atoms with Crippen molar-refractivity contribution in [2.24, 2.45) is 0 Å². The Morgan fingerprint density at radius 2 is 1.93 bits per heavy atom. The molecule has 1 saturated heterocycles. The van der Waals surface area contributed by atoms with Gasteiger partial charge in [0.1, 0.15) is 0 Å². The van der Waals surface area contributed by atoms with Crippen LogP contribution in [0.4, 0.5) is 5.69 Å². The largest absolute Gasteiger partial charge is 0.346 e. The van der Waals surface area contributed by atoms with E-state index in [1.165, 1.54) is 18.2 Å². The number of rotatable bonds is 4. The molecule has 3 rings (SSSR count). The second kappa shape index (κ2) is 7.36. The van der Waals surface area contributed by atoms with E-state index < -0.39 is 16.9 Å². The molecule has 0 spiro atoms. The Hall–Kier alpha value is -2.93. The molecule has 0 saturated carbocycles. The van der Waals surface area contributed by atoms with Gasteiger partial charge in [0.05, 0.1) is 17.0 Å². The first kappa shape index (κ1) is 18.8. The molecule has 2 unspecified atom stereocenters. The van der Waals surface area contributed by atoms with E-state index in [-0.39, 0.29) is 29.6 Å². The summed E-state index contributed by atoms with van der Waals surface area (Å²) in [6.07, 6.45) is 0.156. The monoisotopic (exact) mass is 387 g/mol. The molecule has 2 aromatic carbocycles. The zero-order chi connectivity index (χ0) is 19.7. The van der Waals surface area contributed by atoms with Gasteiger partial charge in [-0.2, -0.15) is 0 Å². The van der Waals surface area contributed by atoms with Crippen molar-refractivity contribution in [2.75, 3.05) is 7.05 Å². The Morgan fingerprint density at radius 1 is 1.26 bits per heavy atom. The topological polar surface area (TPSA) is 92.6 Å². The van der Waals surface area contributed by atoms with Crippen LogP contribution in [0.25, 0.3) is 0 Å². The summed E-state index contributed by atoms with van der Waals surface area (Å²) in [4.78, 5) is 37.0. The van der Waals surface area contributed by atoms with Gasteiger partial charge in [-0.05, 0) is 30.7 Å². The van der Waals surface area contributed by atoms with Crippen molar-refractivity contribution in [3.8, 4) is 0 Å². The van der Waals surface area contributed by atoms with Crippen molar-refractivity contribution in [1.29, 1.82) is 0 Å². The second-order valence-electron chi connectivity index (χ2n) is 6.54. The van der Waals surface area contributed by atoms with E-state index in [0.717, 1.165) is 5.56 Å². The summed E-state index contributed by atoms with van der Waals surface area (Å²) in [7, 11) is 1.69. The number of hydrogen-bond donors (Lipinski definition) is 1. The maximum absolute atomic E-state index is 12.6. The predicted molar refractivity (Wildman–Crippen MR) is 101 cm³/mol. The SMILES string of the molecule is Cc1ccc(C(=O)NC2CC(=O)N(C)C2c2ccc(Cl)cc2)cc1[N+](=O)[O-]. The fourth-order valence-corrected chi connectivity index (χ4v) is 3.44. The van der Waals surface area contributed by atoms with Gasteiger partial charge >= 0.3 is 0 Å². The smallest absolute Gasteiger partial charge is 0.273 e. The van der Waals surface area contributed by atoms with Crippen LogP contribution >= 0.6 is 11.6 Å². The minimum atomic E-state index is -0.518. The number of nitrogens with one attached hydrogen (secondary N) is 1. The van der Waals surface area contributed by atoms with Crippen molar-refractivity contribution >= 4 is 29.1 Å². The lowest BCUT2D eigenvalue weighted by atomic mass is 9.99. The molecule has 7 nitrogen and oxygen atoms in total. The van der Waals surface area contributed by atoms with Gasteiger partial charge in [0.2, 0.25) is 5.91 Å². The van der Waals surface area contributed by atoms with E-state index in [4.69, 9.17) is 11.6 Å². The Morgan fingerprint density at radius 3 is 2.56 bits per heavy atom. The summed E-state index contributed by atoms with van der Waals surface area (Å²) in [5, 5.41) is 14.5. The first-order valence-corrected chi connectivity index (χ1v) is 8.72. The molecule has 0 aliphatic carbocycles. The molecule has 2 amide bonds. The maximum atomic E-state index is 12.6. The molecule has 0 radical (unpaired) electrons. The molecule has 1 aliphatic heterocycles. The van der Waals surface area contributed by atoms with E-state index >= 15 is 0 Å². The van der Waals surface area contributed by atoms with Gasteiger partial charge in [0, 0.05) is 35.7 Å². The maximum Gasteiger partial charge on any atom is 0.273 e. The first-order valence-electron chi connectivity index (χ1n) is 8.35. The van der Waals surface area contributed by atoms with Crippen molar-refractivity contribution < 1.29 is 14.5 Å². The highest BCUT2D eigenvalue weighted by atomic mass is 35.5. The minimum absolute atomic E-state index is 0.0878. The van der Waals surface area contributed by atoms with Crippen LogP contribution in [-0.2, 0) is 4.79 Å². The average Bonchev–Trinajstić information content (AvgIpc) is 2.89. The van der Waals surface area contributed by atoms with E-state index in [2.05, 4.69) is 5.32 Å². The van der Waals surface area contributed by atoms with Gasteiger partial charge in [-0.15, -0.1) is 0 Å². The Labute approximate surface area is 161 Å². The molecule has 27 heavy (non-hydrogen) atoms. The number of hydrogen-bond acceptors (Lipinski definition) is 4. The van der Waals surface area contributed by atoms with Crippen LogP contribution in [0.3, 0.4) is 0 Å². The van der Waals surface area contributed by atoms with E-state index in [0.29, 0.717) is 10.6 Å². The summed E-state index contributed by atoms with van der Waals surface area (Å²) < 4.78 is 0. The highest BCUT2D eigenvalue weighted by Gasteiger charge is 2.39. The molecule has 8 heteroatoms. The summed E-state index contributed by atoms with van der Waals surface area (Å²) in [6, 6.07) is 10.6. The minimum Gasteiger partial charge on any atom is -0.346 e. The molecule has 1 aliphatic rings. The number of likely N-dealkylation sites (tertiary alicyclic amines) is 1. The van der Waals surface area contributed by atoms with Crippen LogP contribution in [-0.4, -0.2) is 34.7 Å². The number of aryl methyl sites for hydroxylation is 1. The average molecular weight is 388 g/mol. The molecule has 140 valence electrons. The number of carbonyl (C=O) groups is 2. The molecule has 1 fully saturated rings. The lowest BCUT2D eigenvalue weighted by molar-refractivity contribution is -0.385. The number of amides is 2. The molecule has 0 bridgehead atoms. The molecule has 2 aromatic rings. The molecule has 2 atom stereocenters. The van der Waals surface area contributed by atoms with Crippen molar-refractivity contribution in [2.45, 2.75) is 25.4 Å². The zero-order valence-electron chi connectivity index (χ0n) is 14.8. The summed E-state index contributed by atoms with van der Waals surface area (Å²) in [5.41, 5.74) is 1.40. The number of benzene rings is 2. The van der Waals surface area contributed by atoms with E-state index in [1.54, 1.807) is 31.0 Å². The molecule has 0 aromatic heterocycles. The van der Waals surface area contributed by atoms with Crippen LogP contribution in [0, 0.1) is 17.0 Å². The Balaban J connectivity index is 1.85. The van der Waals surface area contributed by atoms with Gasteiger partial charge in [-0.1, -0.05) is 29.8 Å². The van der Waals surface area contributed by atoms with Crippen LogP contribution in [0.15, 0.2) is 42.5 Å². The fourth-order valence-electron chi connectivity index (χ4n) is 3.31.